The highest BCUT2D eigenvalue weighted by Crippen LogP contribution is 2.11. The summed E-state index contributed by atoms with van der Waals surface area (Å²) in [5, 5.41) is 2.90. The van der Waals surface area contributed by atoms with Crippen LogP contribution in [0.25, 0.3) is 11.0 Å². The normalized spacial score (nSPS) is 10.9. The molecule has 124 valence electrons. The average molecular weight is 323 g/mol. The fourth-order valence-corrected chi connectivity index (χ4v) is 2.94. The van der Waals surface area contributed by atoms with Crippen LogP contribution in [0, 0.1) is 6.92 Å². The van der Waals surface area contributed by atoms with Gasteiger partial charge >= 0.3 is 5.69 Å². The predicted octanol–water partition coefficient (Wildman–Crippen LogP) is 2.01. The highest BCUT2D eigenvalue weighted by molar-refractivity contribution is 5.80. The van der Waals surface area contributed by atoms with Gasteiger partial charge in [-0.2, -0.15) is 0 Å². The van der Waals surface area contributed by atoms with E-state index in [0.717, 1.165) is 17.5 Å². The van der Waals surface area contributed by atoms with Crippen molar-refractivity contribution >= 4 is 16.9 Å². The van der Waals surface area contributed by atoms with Gasteiger partial charge in [-0.3, -0.25) is 13.9 Å². The molecular weight excluding hydrogens is 302 g/mol. The topological polar surface area (TPSA) is 56.0 Å². The summed E-state index contributed by atoms with van der Waals surface area (Å²) in [4.78, 5) is 24.5. The Kier molecular flexibility index (Phi) is 4.51. The summed E-state index contributed by atoms with van der Waals surface area (Å²) in [5.74, 6) is -0.151. The van der Waals surface area contributed by atoms with Crippen LogP contribution in [0.1, 0.15) is 11.1 Å². The summed E-state index contributed by atoms with van der Waals surface area (Å²) in [6.07, 6.45) is 0.781. The molecule has 5 heteroatoms. The Morgan fingerprint density at radius 2 is 1.71 bits per heavy atom. The molecule has 0 fully saturated rings. The smallest absolute Gasteiger partial charge is 0.329 e. The molecule has 0 atom stereocenters. The Labute approximate surface area is 140 Å². The number of benzene rings is 2. The lowest BCUT2D eigenvalue weighted by Crippen LogP contribution is -2.33. The van der Waals surface area contributed by atoms with Gasteiger partial charge < -0.3 is 5.32 Å². The maximum absolute atomic E-state index is 12.3. The van der Waals surface area contributed by atoms with Crippen molar-refractivity contribution in [3.05, 3.63) is 70.1 Å². The molecule has 0 aliphatic carbocycles. The Morgan fingerprint density at radius 1 is 1.04 bits per heavy atom. The van der Waals surface area contributed by atoms with Crippen LogP contribution in [0.4, 0.5) is 0 Å². The van der Waals surface area contributed by atoms with E-state index in [2.05, 4.69) is 24.4 Å². The number of rotatable bonds is 5. The Hall–Kier alpha value is -2.82. The third-order valence-electron chi connectivity index (χ3n) is 4.33. The molecule has 24 heavy (non-hydrogen) atoms. The standard InChI is InChI=1S/C19H21N3O2/c1-14-7-3-4-8-15(14)11-12-20-18(23)13-22-17-10-6-5-9-16(17)21(2)19(22)24/h3-10H,11-13H2,1-2H3,(H,20,23). The molecule has 1 amide bonds. The minimum absolute atomic E-state index is 0.0357. The van der Waals surface area contributed by atoms with Crippen LogP contribution in [0.5, 0.6) is 0 Å². The van der Waals surface area contributed by atoms with Crippen LogP contribution in [0.3, 0.4) is 0 Å². The van der Waals surface area contributed by atoms with Gasteiger partial charge in [0.2, 0.25) is 5.91 Å². The number of amides is 1. The summed E-state index contributed by atoms with van der Waals surface area (Å²) in [6.45, 7) is 2.66. The average Bonchev–Trinajstić information content (AvgIpc) is 2.82. The molecule has 0 unspecified atom stereocenters. The molecule has 0 aliphatic rings. The third-order valence-corrected chi connectivity index (χ3v) is 4.33. The molecule has 1 N–H and O–H groups in total. The van der Waals surface area contributed by atoms with Crippen LogP contribution in [-0.2, 0) is 24.8 Å². The molecule has 0 spiro atoms. The molecule has 0 saturated carbocycles. The van der Waals surface area contributed by atoms with Crippen LogP contribution < -0.4 is 11.0 Å². The maximum atomic E-state index is 12.3. The molecular formula is C19H21N3O2. The number of para-hydroxylation sites is 2. The quantitative estimate of drug-likeness (QED) is 0.781. The van der Waals surface area contributed by atoms with Crippen LogP contribution in [-0.4, -0.2) is 21.6 Å². The predicted molar refractivity (Wildman–Crippen MR) is 95.1 cm³/mol. The van der Waals surface area contributed by atoms with Crippen molar-refractivity contribution in [2.24, 2.45) is 7.05 Å². The van der Waals surface area contributed by atoms with Gasteiger partial charge in [0.1, 0.15) is 6.54 Å². The number of aryl methyl sites for hydroxylation is 2. The lowest BCUT2D eigenvalue weighted by Gasteiger charge is -2.08. The summed E-state index contributed by atoms with van der Waals surface area (Å²) in [7, 11) is 1.72. The first-order chi connectivity index (χ1) is 11.6. The first kappa shape index (κ1) is 16.1. The summed E-state index contributed by atoms with van der Waals surface area (Å²) < 4.78 is 3.08. The molecule has 5 nitrogen and oxygen atoms in total. The largest absolute Gasteiger partial charge is 0.354 e. The number of fused-ring (bicyclic) bond motifs is 1. The number of imidazole rings is 1. The van der Waals surface area contributed by atoms with Gasteiger partial charge in [-0.1, -0.05) is 36.4 Å². The number of carbonyl (C=O) groups excluding carboxylic acids is 1. The highest BCUT2D eigenvalue weighted by Gasteiger charge is 2.12. The van der Waals surface area contributed by atoms with E-state index in [-0.39, 0.29) is 18.1 Å². The van der Waals surface area contributed by atoms with E-state index < -0.39 is 0 Å². The van der Waals surface area contributed by atoms with Crippen molar-refractivity contribution in [1.29, 1.82) is 0 Å². The highest BCUT2D eigenvalue weighted by atomic mass is 16.2. The molecule has 3 rings (SSSR count). The monoisotopic (exact) mass is 323 g/mol. The Morgan fingerprint density at radius 3 is 2.46 bits per heavy atom. The van der Waals surface area contributed by atoms with Gasteiger partial charge in [0, 0.05) is 13.6 Å². The van der Waals surface area contributed by atoms with Gasteiger partial charge in [0.25, 0.3) is 0 Å². The van der Waals surface area contributed by atoms with E-state index >= 15 is 0 Å². The SMILES string of the molecule is Cc1ccccc1CCNC(=O)Cn1c(=O)n(C)c2ccccc21. The van der Waals surface area contributed by atoms with Crippen molar-refractivity contribution in [2.75, 3.05) is 6.54 Å². The fraction of sp³-hybridized carbons (Fsp3) is 0.263. The van der Waals surface area contributed by atoms with Crippen LogP contribution in [0.2, 0.25) is 0 Å². The summed E-state index contributed by atoms with van der Waals surface area (Å²) in [5.41, 5.74) is 3.87. The lowest BCUT2D eigenvalue weighted by atomic mass is 10.1. The van der Waals surface area contributed by atoms with E-state index in [9.17, 15) is 9.59 Å². The molecule has 2 aromatic carbocycles. The van der Waals surface area contributed by atoms with Crippen LogP contribution >= 0.6 is 0 Å². The van der Waals surface area contributed by atoms with E-state index in [1.54, 1.807) is 11.6 Å². The number of hydrogen-bond acceptors (Lipinski definition) is 2. The first-order valence-electron chi connectivity index (χ1n) is 8.03. The fourth-order valence-electron chi connectivity index (χ4n) is 2.94. The Balaban J connectivity index is 1.67. The minimum atomic E-state index is -0.176. The van der Waals surface area contributed by atoms with Crippen molar-refractivity contribution in [3.8, 4) is 0 Å². The lowest BCUT2D eigenvalue weighted by molar-refractivity contribution is -0.121. The first-order valence-corrected chi connectivity index (χ1v) is 8.03. The summed E-state index contributed by atoms with van der Waals surface area (Å²) in [6, 6.07) is 15.6. The number of carbonyl (C=O) groups is 1. The van der Waals surface area contributed by atoms with E-state index in [1.807, 2.05) is 36.4 Å². The van der Waals surface area contributed by atoms with E-state index in [1.165, 1.54) is 15.7 Å². The zero-order valence-corrected chi connectivity index (χ0v) is 14.0. The molecule has 1 aromatic heterocycles. The second kappa shape index (κ2) is 6.74. The summed E-state index contributed by atoms with van der Waals surface area (Å²) >= 11 is 0. The van der Waals surface area contributed by atoms with Crippen LogP contribution in [0.15, 0.2) is 53.3 Å². The van der Waals surface area contributed by atoms with Crippen molar-refractivity contribution in [1.82, 2.24) is 14.5 Å². The van der Waals surface area contributed by atoms with Crippen molar-refractivity contribution < 1.29 is 4.79 Å². The number of aromatic nitrogens is 2. The molecule has 0 bridgehead atoms. The minimum Gasteiger partial charge on any atom is -0.354 e. The third kappa shape index (κ3) is 3.11. The zero-order chi connectivity index (χ0) is 17.1. The second-order valence-electron chi connectivity index (χ2n) is 5.94. The number of nitrogens with zero attached hydrogens (tertiary/aromatic N) is 2. The zero-order valence-electron chi connectivity index (χ0n) is 14.0. The van der Waals surface area contributed by atoms with Gasteiger partial charge in [0.05, 0.1) is 11.0 Å². The van der Waals surface area contributed by atoms with E-state index in [4.69, 9.17) is 0 Å². The second-order valence-corrected chi connectivity index (χ2v) is 5.94. The van der Waals surface area contributed by atoms with E-state index in [0.29, 0.717) is 6.54 Å². The Bertz CT molecular complexity index is 937. The molecule has 1 heterocycles. The van der Waals surface area contributed by atoms with Gasteiger partial charge in [-0.05, 0) is 36.6 Å². The maximum Gasteiger partial charge on any atom is 0.329 e. The van der Waals surface area contributed by atoms with Crippen molar-refractivity contribution in [3.63, 3.8) is 0 Å². The number of hydrogen-bond donors (Lipinski definition) is 1. The molecule has 0 aliphatic heterocycles. The van der Waals surface area contributed by atoms with Gasteiger partial charge in [-0.25, -0.2) is 4.79 Å². The van der Waals surface area contributed by atoms with Gasteiger partial charge in [-0.15, -0.1) is 0 Å². The molecule has 0 saturated heterocycles. The molecule has 3 aromatic rings. The molecule has 0 radical (unpaired) electrons. The number of nitrogens with one attached hydrogen (secondary N) is 1. The van der Waals surface area contributed by atoms with Gasteiger partial charge in [0.15, 0.2) is 0 Å². The van der Waals surface area contributed by atoms with Crippen molar-refractivity contribution in [2.45, 2.75) is 19.9 Å².